The first-order valence-corrected chi connectivity index (χ1v) is 10.9. The summed E-state index contributed by atoms with van der Waals surface area (Å²) in [5.74, 6) is -0.508. The van der Waals surface area contributed by atoms with E-state index >= 15 is 0 Å². The zero-order chi connectivity index (χ0) is 24.8. The van der Waals surface area contributed by atoms with E-state index in [1.54, 1.807) is 18.3 Å². The molecule has 3 aromatic carbocycles. The molecule has 5 rings (SSSR count). The predicted molar refractivity (Wildman–Crippen MR) is 124 cm³/mol. The molecule has 0 aliphatic heterocycles. The van der Waals surface area contributed by atoms with Crippen LogP contribution >= 0.6 is 0 Å². The third-order valence-corrected chi connectivity index (χ3v) is 6.19. The molecule has 2 N–H and O–H groups in total. The van der Waals surface area contributed by atoms with Crippen LogP contribution in [0.3, 0.4) is 0 Å². The van der Waals surface area contributed by atoms with Crippen LogP contribution in [-0.4, -0.2) is 28.1 Å². The topological polar surface area (TPSA) is 83.0 Å². The minimum absolute atomic E-state index is 0.243. The minimum atomic E-state index is -4.41. The highest BCUT2D eigenvalue weighted by Gasteiger charge is 2.39. The van der Waals surface area contributed by atoms with E-state index in [1.807, 2.05) is 30.3 Å². The van der Waals surface area contributed by atoms with Gasteiger partial charge in [0.2, 0.25) is 0 Å². The number of nitrogens with two attached hydrogens (primary N) is 1. The summed E-state index contributed by atoms with van der Waals surface area (Å²) in [5.41, 5.74) is 9.78. The SMILES string of the molecule is COC(=O)c1cc(-c2ccc(C3(N)CC3)cc2)cc(-n2cc(-c3ccc(C(F)(F)F)cc3)nn2)c1. The van der Waals surface area contributed by atoms with Crippen molar-refractivity contribution in [3.05, 3.63) is 89.6 Å². The predicted octanol–water partition coefficient (Wildman–Crippen LogP) is 5.35. The molecule has 0 unspecified atom stereocenters. The zero-order valence-electron chi connectivity index (χ0n) is 18.7. The molecule has 1 aliphatic rings. The van der Waals surface area contributed by atoms with Crippen molar-refractivity contribution in [1.82, 2.24) is 15.0 Å². The molecule has 178 valence electrons. The van der Waals surface area contributed by atoms with Gasteiger partial charge < -0.3 is 10.5 Å². The van der Waals surface area contributed by atoms with Crippen molar-refractivity contribution in [1.29, 1.82) is 0 Å². The summed E-state index contributed by atoms with van der Waals surface area (Å²) in [7, 11) is 1.30. The summed E-state index contributed by atoms with van der Waals surface area (Å²) in [5, 5.41) is 8.22. The molecule has 0 atom stereocenters. The number of hydrogen-bond acceptors (Lipinski definition) is 5. The lowest BCUT2D eigenvalue weighted by atomic mass is 9.98. The molecule has 1 saturated carbocycles. The first-order valence-electron chi connectivity index (χ1n) is 10.9. The zero-order valence-corrected chi connectivity index (χ0v) is 18.7. The van der Waals surface area contributed by atoms with Crippen LogP contribution in [0.2, 0.25) is 0 Å². The maximum Gasteiger partial charge on any atom is 0.416 e. The Balaban J connectivity index is 1.50. The van der Waals surface area contributed by atoms with E-state index in [2.05, 4.69) is 10.3 Å². The van der Waals surface area contributed by atoms with E-state index in [9.17, 15) is 18.0 Å². The minimum Gasteiger partial charge on any atom is -0.465 e. The fraction of sp³-hybridized carbons (Fsp3) is 0.192. The lowest BCUT2D eigenvalue weighted by molar-refractivity contribution is -0.137. The highest BCUT2D eigenvalue weighted by Crippen LogP contribution is 2.43. The third kappa shape index (κ3) is 4.54. The van der Waals surface area contributed by atoms with Crippen LogP contribution in [0.25, 0.3) is 28.1 Å². The molecular formula is C26H21F3N4O2. The lowest BCUT2D eigenvalue weighted by Gasteiger charge is -2.12. The van der Waals surface area contributed by atoms with Gasteiger partial charge in [0.25, 0.3) is 0 Å². The van der Waals surface area contributed by atoms with Gasteiger partial charge in [-0.15, -0.1) is 5.10 Å². The first kappa shape index (κ1) is 22.8. The molecule has 0 saturated heterocycles. The van der Waals surface area contributed by atoms with Gasteiger partial charge in [0, 0.05) is 11.1 Å². The van der Waals surface area contributed by atoms with Crippen molar-refractivity contribution >= 4 is 5.97 Å². The normalized spacial score (nSPS) is 14.5. The Hall–Kier alpha value is -3.98. The molecular weight excluding hydrogens is 457 g/mol. The standard InChI is InChI=1S/C26H21F3N4O2/c1-35-24(34)19-12-18(16-2-6-20(7-3-16)25(30)10-11-25)13-22(14-19)33-15-23(31-32-33)17-4-8-21(9-5-17)26(27,28)29/h2-9,12-15H,10-11,30H2,1H3. The Morgan fingerprint density at radius 2 is 1.63 bits per heavy atom. The van der Waals surface area contributed by atoms with Gasteiger partial charge in [-0.1, -0.05) is 41.6 Å². The van der Waals surface area contributed by atoms with Gasteiger partial charge in [-0.05, 0) is 59.9 Å². The second kappa shape index (κ2) is 8.35. The van der Waals surface area contributed by atoms with Crippen molar-refractivity contribution in [2.24, 2.45) is 5.73 Å². The van der Waals surface area contributed by atoms with E-state index in [0.717, 1.165) is 41.7 Å². The number of halogens is 3. The number of alkyl halides is 3. The number of esters is 1. The van der Waals surface area contributed by atoms with Crippen LogP contribution in [0.4, 0.5) is 13.2 Å². The summed E-state index contributed by atoms with van der Waals surface area (Å²) in [6.07, 6.45) is -0.899. The fourth-order valence-electron chi connectivity index (χ4n) is 3.92. The van der Waals surface area contributed by atoms with Crippen LogP contribution in [0.5, 0.6) is 0 Å². The molecule has 1 heterocycles. The van der Waals surface area contributed by atoms with Crippen LogP contribution < -0.4 is 5.73 Å². The number of aromatic nitrogens is 3. The maximum absolute atomic E-state index is 12.9. The molecule has 6 nitrogen and oxygen atoms in total. The molecule has 1 aliphatic carbocycles. The van der Waals surface area contributed by atoms with Crippen LogP contribution in [0.15, 0.2) is 72.9 Å². The summed E-state index contributed by atoms with van der Waals surface area (Å²) in [6.45, 7) is 0. The molecule has 0 radical (unpaired) electrons. The van der Waals surface area contributed by atoms with Gasteiger partial charge in [-0.3, -0.25) is 0 Å². The van der Waals surface area contributed by atoms with Crippen LogP contribution in [0.1, 0.15) is 34.3 Å². The van der Waals surface area contributed by atoms with Crippen molar-refractivity contribution in [2.45, 2.75) is 24.6 Å². The molecule has 9 heteroatoms. The Kier molecular flexibility index (Phi) is 5.44. The number of carbonyl (C=O) groups is 1. The van der Waals surface area contributed by atoms with Gasteiger partial charge >= 0.3 is 12.1 Å². The molecule has 35 heavy (non-hydrogen) atoms. The number of hydrogen-bond donors (Lipinski definition) is 1. The highest BCUT2D eigenvalue weighted by atomic mass is 19.4. The van der Waals surface area contributed by atoms with Gasteiger partial charge in [-0.2, -0.15) is 13.2 Å². The summed E-state index contributed by atoms with van der Waals surface area (Å²) >= 11 is 0. The number of carbonyl (C=O) groups excluding carboxylic acids is 1. The Morgan fingerprint density at radius 1 is 0.971 bits per heavy atom. The Morgan fingerprint density at radius 3 is 2.23 bits per heavy atom. The average Bonchev–Trinajstić information content (AvgIpc) is 3.42. The molecule has 1 aromatic heterocycles. The van der Waals surface area contributed by atoms with E-state index in [4.69, 9.17) is 10.5 Å². The quantitative estimate of drug-likeness (QED) is 0.391. The van der Waals surface area contributed by atoms with Crippen molar-refractivity contribution in [3.63, 3.8) is 0 Å². The Labute approximate surface area is 199 Å². The highest BCUT2D eigenvalue weighted by molar-refractivity contribution is 5.92. The van der Waals surface area contributed by atoms with Gasteiger partial charge in [-0.25, -0.2) is 9.48 Å². The molecule has 0 spiro atoms. The van der Waals surface area contributed by atoms with Gasteiger partial charge in [0.15, 0.2) is 0 Å². The fourth-order valence-corrected chi connectivity index (χ4v) is 3.92. The molecule has 1 fully saturated rings. The van der Waals surface area contributed by atoms with Crippen LogP contribution in [-0.2, 0) is 16.5 Å². The maximum atomic E-state index is 12.9. The third-order valence-electron chi connectivity index (χ3n) is 6.19. The summed E-state index contributed by atoms with van der Waals surface area (Å²) < 4.78 is 45.0. The van der Waals surface area contributed by atoms with Crippen molar-refractivity contribution < 1.29 is 22.7 Å². The molecule has 0 bridgehead atoms. The first-order chi connectivity index (χ1) is 16.7. The smallest absolute Gasteiger partial charge is 0.416 e. The molecule has 4 aromatic rings. The van der Waals surface area contributed by atoms with E-state index in [0.29, 0.717) is 22.5 Å². The summed E-state index contributed by atoms with van der Waals surface area (Å²) in [4.78, 5) is 12.3. The van der Waals surface area contributed by atoms with Crippen molar-refractivity contribution in [3.8, 4) is 28.1 Å². The van der Waals surface area contributed by atoms with Gasteiger partial charge in [0.1, 0.15) is 5.69 Å². The van der Waals surface area contributed by atoms with E-state index in [-0.39, 0.29) is 5.54 Å². The van der Waals surface area contributed by atoms with E-state index < -0.39 is 17.7 Å². The van der Waals surface area contributed by atoms with Gasteiger partial charge in [0.05, 0.1) is 30.1 Å². The van der Waals surface area contributed by atoms with Crippen molar-refractivity contribution in [2.75, 3.05) is 7.11 Å². The second-order valence-electron chi connectivity index (χ2n) is 8.62. The number of ether oxygens (including phenoxy) is 1. The second-order valence-corrected chi connectivity index (χ2v) is 8.62. The van der Waals surface area contributed by atoms with E-state index in [1.165, 1.54) is 23.9 Å². The monoisotopic (exact) mass is 478 g/mol. The number of methoxy groups -OCH3 is 1. The Bertz CT molecular complexity index is 1390. The number of benzene rings is 3. The molecule has 0 amide bonds. The number of nitrogens with zero attached hydrogens (tertiary/aromatic N) is 3. The lowest BCUT2D eigenvalue weighted by Crippen LogP contribution is -2.18. The average molecular weight is 478 g/mol. The largest absolute Gasteiger partial charge is 0.465 e. The number of rotatable bonds is 5. The van der Waals surface area contributed by atoms with Crippen LogP contribution in [0, 0.1) is 0 Å². The summed E-state index contributed by atoms with van der Waals surface area (Å²) in [6, 6.07) is 17.8.